The highest BCUT2D eigenvalue weighted by atomic mass is 35.5. The number of benzene rings is 2. The van der Waals surface area contributed by atoms with Crippen LogP contribution in [-0.2, 0) is 0 Å². The highest BCUT2D eigenvalue weighted by Crippen LogP contribution is 2.24. The van der Waals surface area contributed by atoms with Gasteiger partial charge in [-0.2, -0.15) is 5.10 Å². The summed E-state index contributed by atoms with van der Waals surface area (Å²) in [6.07, 6.45) is 1.49. The molecule has 0 aliphatic heterocycles. The number of amides is 1. The van der Waals surface area contributed by atoms with Crippen molar-refractivity contribution in [2.45, 2.75) is 0 Å². The number of rotatable bonds is 6. The Bertz CT molecular complexity index is 942. The predicted octanol–water partition coefficient (Wildman–Crippen LogP) is 4.38. The molecule has 0 saturated carbocycles. The lowest BCUT2D eigenvalue weighted by Gasteiger charge is -2.05. The van der Waals surface area contributed by atoms with Crippen LogP contribution in [0.25, 0.3) is 11.3 Å². The van der Waals surface area contributed by atoms with E-state index >= 15 is 0 Å². The third-order valence-corrected chi connectivity index (χ3v) is 3.96. The number of methoxy groups -OCH3 is 2. The van der Waals surface area contributed by atoms with Gasteiger partial charge in [-0.25, -0.2) is 5.43 Å². The van der Waals surface area contributed by atoms with Crippen LogP contribution in [0, 0.1) is 0 Å². The maximum Gasteiger partial charge on any atom is 0.307 e. The van der Waals surface area contributed by atoms with E-state index in [9.17, 15) is 4.79 Å². The van der Waals surface area contributed by atoms with Gasteiger partial charge in [0, 0.05) is 22.2 Å². The van der Waals surface area contributed by atoms with Gasteiger partial charge in [0.05, 0.1) is 20.4 Å². The molecule has 1 aromatic heterocycles. The summed E-state index contributed by atoms with van der Waals surface area (Å²) in [5.41, 5.74) is 3.97. The minimum Gasteiger partial charge on any atom is -0.497 e. The fraction of sp³-hybridized carbons (Fsp3) is 0.100. The van der Waals surface area contributed by atoms with Crippen LogP contribution in [0.1, 0.15) is 16.1 Å². The molecule has 0 spiro atoms. The number of nitrogens with one attached hydrogen (secondary N) is 1. The molecule has 1 N–H and O–H groups in total. The van der Waals surface area contributed by atoms with Crippen molar-refractivity contribution in [3.05, 3.63) is 70.9 Å². The molecule has 0 saturated heterocycles. The second-order valence-electron chi connectivity index (χ2n) is 5.52. The molecule has 1 amide bonds. The molecular weight excluding hydrogens is 368 g/mol. The lowest BCUT2D eigenvalue weighted by Crippen LogP contribution is -2.16. The minimum atomic E-state index is -0.457. The first-order valence-corrected chi connectivity index (χ1v) is 8.39. The van der Waals surface area contributed by atoms with Crippen molar-refractivity contribution in [2.24, 2.45) is 5.10 Å². The van der Waals surface area contributed by atoms with E-state index in [4.69, 9.17) is 25.5 Å². The Morgan fingerprint density at radius 2 is 1.70 bits per heavy atom. The van der Waals surface area contributed by atoms with E-state index in [1.165, 1.54) is 6.21 Å². The zero-order valence-electron chi connectivity index (χ0n) is 14.7. The van der Waals surface area contributed by atoms with Crippen molar-refractivity contribution < 1.29 is 18.7 Å². The molecule has 138 valence electrons. The van der Waals surface area contributed by atoms with Gasteiger partial charge in [-0.3, -0.25) is 4.79 Å². The number of hydrogen-bond acceptors (Lipinski definition) is 5. The maximum atomic E-state index is 12.2. The van der Waals surface area contributed by atoms with E-state index in [2.05, 4.69) is 10.5 Å². The van der Waals surface area contributed by atoms with E-state index in [1.807, 2.05) is 12.1 Å². The fourth-order valence-corrected chi connectivity index (χ4v) is 2.48. The van der Waals surface area contributed by atoms with Gasteiger partial charge in [0.15, 0.2) is 5.76 Å². The minimum absolute atomic E-state index is 0.153. The summed E-state index contributed by atoms with van der Waals surface area (Å²) in [6.45, 7) is 0. The van der Waals surface area contributed by atoms with Gasteiger partial charge in [0.25, 0.3) is 0 Å². The zero-order valence-corrected chi connectivity index (χ0v) is 15.5. The summed E-state index contributed by atoms with van der Waals surface area (Å²) in [4.78, 5) is 12.2. The topological polar surface area (TPSA) is 73.1 Å². The number of ether oxygens (including phenoxy) is 2. The van der Waals surface area contributed by atoms with E-state index < -0.39 is 5.91 Å². The van der Waals surface area contributed by atoms with Crippen LogP contribution in [0.4, 0.5) is 0 Å². The number of furan rings is 1. The Morgan fingerprint density at radius 3 is 2.33 bits per heavy atom. The summed E-state index contributed by atoms with van der Waals surface area (Å²) in [6, 6.07) is 15.7. The van der Waals surface area contributed by atoms with Crippen molar-refractivity contribution in [1.29, 1.82) is 0 Å². The fourth-order valence-electron chi connectivity index (χ4n) is 2.35. The van der Waals surface area contributed by atoms with E-state index in [0.717, 1.165) is 5.56 Å². The van der Waals surface area contributed by atoms with Gasteiger partial charge in [0.1, 0.15) is 17.3 Å². The van der Waals surface area contributed by atoms with Gasteiger partial charge in [0.2, 0.25) is 0 Å². The van der Waals surface area contributed by atoms with Gasteiger partial charge in [-0.1, -0.05) is 11.6 Å². The SMILES string of the molecule is COc1cc(C=NNC(=O)c2ccc(-c3ccc(Cl)cc3)o2)cc(OC)c1. The maximum absolute atomic E-state index is 12.2. The van der Waals surface area contributed by atoms with Crippen molar-refractivity contribution in [1.82, 2.24) is 5.43 Å². The van der Waals surface area contributed by atoms with Crippen LogP contribution < -0.4 is 14.9 Å². The Hall–Kier alpha value is -3.25. The number of hydrazone groups is 1. The van der Waals surface area contributed by atoms with Crippen LogP contribution in [0.2, 0.25) is 5.02 Å². The summed E-state index contributed by atoms with van der Waals surface area (Å²) in [5.74, 6) is 1.52. The monoisotopic (exact) mass is 384 g/mol. The van der Waals surface area contributed by atoms with Crippen molar-refractivity contribution in [2.75, 3.05) is 14.2 Å². The van der Waals surface area contributed by atoms with Crippen molar-refractivity contribution >= 4 is 23.7 Å². The first kappa shape index (κ1) is 18.5. The number of carbonyl (C=O) groups excluding carboxylic acids is 1. The molecule has 0 fully saturated rings. The van der Waals surface area contributed by atoms with Crippen LogP contribution in [0.15, 0.2) is 64.1 Å². The standard InChI is InChI=1S/C20H17ClN2O4/c1-25-16-9-13(10-17(11-16)26-2)12-22-23-20(24)19-8-7-18(27-19)14-3-5-15(21)6-4-14/h3-12H,1-2H3,(H,23,24). The third kappa shape index (κ3) is 4.68. The highest BCUT2D eigenvalue weighted by Gasteiger charge is 2.11. The lowest BCUT2D eigenvalue weighted by molar-refractivity contribution is 0.0928. The Kier molecular flexibility index (Phi) is 5.78. The van der Waals surface area contributed by atoms with Crippen molar-refractivity contribution in [3.8, 4) is 22.8 Å². The van der Waals surface area contributed by atoms with Gasteiger partial charge in [-0.05, 0) is 48.5 Å². The molecule has 0 unspecified atom stereocenters. The number of hydrogen-bond donors (Lipinski definition) is 1. The smallest absolute Gasteiger partial charge is 0.307 e. The Balaban J connectivity index is 1.68. The quantitative estimate of drug-likeness (QED) is 0.505. The molecule has 7 heteroatoms. The van der Waals surface area contributed by atoms with Crippen LogP contribution in [-0.4, -0.2) is 26.3 Å². The lowest BCUT2D eigenvalue weighted by atomic mass is 10.2. The van der Waals surface area contributed by atoms with Crippen molar-refractivity contribution in [3.63, 3.8) is 0 Å². The second-order valence-corrected chi connectivity index (χ2v) is 5.95. The average molecular weight is 385 g/mol. The molecule has 0 atom stereocenters. The van der Waals surface area contributed by atoms with Gasteiger partial charge in [-0.15, -0.1) is 0 Å². The molecular formula is C20H17ClN2O4. The molecule has 3 rings (SSSR count). The number of carbonyl (C=O) groups is 1. The van der Waals surface area contributed by atoms with Crippen LogP contribution in [0.5, 0.6) is 11.5 Å². The molecule has 6 nitrogen and oxygen atoms in total. The molecule has 2 aromatic carbocycles. The molecule has 0 radical (unpaired) electrons. The first-order valence-electron chi connectivity index (χ1n) is 8.01. The number of halogens is 1. The average Bonchev–Trinajstić information content (AvgIpc) is 3.18. The van der Waals surface area contributed by atoms with E-state index in [-0.39, 0.29) is 5.76 Å². The summed E-state index contributed by atoms with van der Waals surface area (Å²) < 4.78 is 16.0. The highest BCUT2D eigenvalue weighted by molar-refractivity contribution is 6.30. The molecule has 1 heterocycles. The van der Waals surface area contributed by atoms with Gasteiger partial charge < -0.3 is 13.9 Å². The Morgan fingerprint density at radius 1 is 1.04 bits per heavy atom. The predicted molar refractivity (Wildman–Crippen MR) is 104 cm³/mol. The normalized spacial score (nSPS) is 10.8. The number of nitrogens with zero attached hydrogens (tertiary/aromatic N) is 1. The van der Waals surface area contributed by atoms with Gasteiger partial charge >= 0.3 is 5.91 Å². The summed E-state index contributed by atoms with van der Waals surface area (Å²) >= 11 is 5.87. The zero-order chi connectivity index (χ0) is 19.2. The second kappa shape index (κ2) is 8.42. The summed E-state index contributed by atoms with van der Waals surface area (Å²) in [7, 11) is 3.12. The third-order valence-electron chi connectivity index (χ3n) is 3.71. The molecule has 0 aliphatic rings. The largest absolute Gasteiger partial charge is 0.497 e. The molecule has 27 heavy (non-hydrogen) atoms. The molecule has 0 aliphatic carbocycles. The van der Waals surface area contributed by atoms with Crippen LogP contribution >= 0.6 is 11.6 Å². The first-order chi connectivity index (χ1) is 13.1. The Labute approximate surface area is 161 Å². The molecule has 0 bridgehead atoms. The van der Waals surface area contributed by atoms with E-state index in [0.29, 0.717) is 27.8 Å². The van der Waals surface area contributed by atoms with E-state index in [1.54, 1.807) is 56.7 Å². The van der Waals surface area contributed by atoms with Crippen LogP contribution in [0.3, 0.4) is 0 Å². The summed E-state index contributed by atoms with van der Waals surface area (Å²) in [5, 5.41) is 4.58. The molecule has 3 aromatic rings.